The smallest absolute Gasteiger partial charge is 0.417 e. The summed E-state index contributed by atoms with van der Waals surface area (Å²) in [5, 5.41) is 2.70. The zero-order chi connectivity index (χ0) is 19.5. The lowest BCUT2D eigenvalue weighted by atomic mass is 10.1. The summed E-state index contributed by atoms with van der Waals surface area (Å²) in [7, 11) is 0. The van der Waals surface area contributed by atoms with Crippen molar-refractivity contribution < 1.29 is 27.5 Å². The van der Waals surface area contributed by atoms with Crippen molar-refractivity contribution in [2.45, 2.75) is 6.18 Å². The highest BCUT2D eigenvalue weighted by Gasteiger charge is 2.35. The lowest BCUT2D eigenvalue weighted by Crippen LogP contribution is -2.22. The Balaban J connectivity index is 2.05. The first kappa shape index (κ1) is 20.4. The molecule has 0 aliphatic rings. The van der Waals surface area contributed by atoms with Gasteiger partial charge < -0.3 is 10.1 Å². The molecular weight excluding hydrogens is 418 g/mol. The van der Waals surface area contributed by atoms with Crippen LogP contribution in [-0.4, -0.2) is 18.5 Å². The second-order valence-electron chi connectivity index (χ2n) is 4.91. The maximum absolute atomic E-state index is 12.9. The molecule has 1 N–H and O–H groups in total. The molecule has 0 bridgehead atoms. The molecule has 4 nitrogen and oxygen atoms in total. The molecule has 2 rings (SSSR count). The first-order valence-electron chi connectivity index (χ1n) is 6.87. The van der Waals surface area contributed by atoms with Crippen LogP contribution >= 0.6 is 34.8 Å². The molecule has 0 aromatic heterocycles. The zero-order valence-electron chi connectivity index (χ0n) is 12.7. The average molecular weight is 427 g/mol. The van der Waals surface area contributed by atoms with Crippen molar-refractivity contribution >= 4 is 52.4 Å². The minimum Gasteiger partial charge on any atom is -0.452 e. The molecule has 0 unspecified atom stereocenters. The molecule has 10 heteroatoms. The van der Waals surface area contributed by atoms with Crippen molar-refractivity contribution in [1.82, 2.24) is 0 Å². The SMILES string of the molecule is O=C(COC(=O)c1ccccc1C(F)(F)F)Nc1cc(Cl)c(Cl)cc1Cl. The first-order valence-corrected chi connectivity index (χ1v) is 8.00. The minimum atomic E-state index is -4.73. The average Bonchev–Trinajstić information content (AvgIpc) is 2.57. The maximum Gasteiger partial charge on any atom is 0.417 e. The largest absolute Gasteiger partial charge is 0.452 e. The Kier molecular flexibility index (Phi) is 6.39. The molecule has 138 valence electrons. The van der Waals surface area contributed by atoms with E-state index in [1.54, 1.807) is 0 Å². The Morgan fingerprint density at radius 1 is 1.00 bits per heavy atom. The number of rotatable bonds is 4. The molecule has 0 radical (unpaired) electrons. The number of hydrogen-bond donors (Lipinski definition) is 1. The van der Waals surface area contributed by atoms with Crippen molar-refractivity contribution in [3.8, 4) is 0 Å². The number of nitrogens with one attached hydrogen (secondary N) is 1. The number of benzene rings is 2. The van der Waals surface area contributed by atoms with Gasteiger partial charge in [-0.05, 0) is 24.3 Å². The van der Waals surface area contributed by atoms with Crippen molar-refractivity contribution in [2.24, 2.45) is 0 Å². The number of halogens is 6. The number of ether oxygens (including phenoxy) is 1. The summed E-state index contributed by atoms with van der Waals surface area (Å²) in [5.41, 5.74) is -1.74. The standard InChI is InChI=1S/C16H9Cl3F3NO3/c17-10-5-12(19)13(6-11(10)18)23-14(24)7-26-15(25)8-3-1-2-4-9(8)16(20,21)22/h1-6H,7H2,(H,23,24). The first-order chi connectivity index (χ1) is 12.1. The van der Waals surface area contributed by atoms with Gasteiger partial charge in [0.25, 0.3) is 5.91 Å². The van der Waals surface area contributed by atoms with Gasteiger partial charge >= 0.3 is 12.1 Å². The topological polar surface area (TPSA) is 55.4 Å². The molecule has 0 saturated carbocycles. The third-order valence-electron chi connectivity index (χ3n) is 3.07. The second-order valence-corrected chi connectivity index (χ2v) is 6.14. The fourth-order valence-corrected chi connectivity index (χ4v) is 2.52. The van der Waals surface area contributed by atoms with Crippen molar-refractivity contribution in [3.63, 3.8) is 0 Å². The molecule has 1 amide bonds. The molecule has 0 saturated heterocycles. The van der Waals surface area contributed by atoms with E-state index in [2.05, 4.69) is 10.1 Å². The Morgan fingerprint density at radius 2 is 1.62 bits per heavy atom. The van der Waals surface area contributed by atoms with Crippen LogP contribution in [0.3, 0.4) is 0 Å². The van der Waals surface area contributed by atoms with Gasteiger partial charge in [-0.1, -0.05) is 46.9 Å². The van der Waals surface area contributed by atoms with Crippen LogP contribution in [0.15, 0.2) is 36.4 Å². The Labute approximate surface area is 160 Å². The predicted molar refractivity (Wildman–Crippen MR) is 91.8 cm³/mol. The zero-order valence-corrected chi connectivity index (χ0v) is 14.9. The summed E-state index contributed by atoms with van der Waals surface area (Å²) in [6.07, 6.45) is -4.73. The summed E-state index contributed by atoms with van der Waals surface area (Å²) < 4.78 is 43.3. The van der Waals surface area contributed by atoms with Crippen LogP contribution in [0.25, 0.3) is 0 Å². The molecule has 2 aromatic rings. The monoisotopic (exact) mass is 425 g/mol. The second kappa shape index (κ2) is 8.16. The van der Waals surface area contributed by atoms with Gasteiger partial charge in [-0.3, -0.25) is 4.79 Å². The van der Waals surface area contributed by atoms with E-state index in [1.165, 1.54) is 18.2 Å². The molecule has 26 heavy (non-hydrogen) atoms. The van der Waals surface area contributed by atoms with Gasteiger partial charge in [0.15, 0.2) is 6.61 Å². The Hall–Kier alpha value is -1.96. The van der Waals surface area contributed by atoms with Crippen LogP contribution in [0.5, 0.6) is 0 Å². The Bertz CT molecular complexity index is 856. The van der Waals surface area contributed by atoms with E-state index in [0.717, 1.165) is 18.2 Å². The summed E-state index contributed by atoms with van der Waals surface area (Å²) in [5.74, 6) is -2.10. The van der Waals surface area contributed by atoms with Gasteiger partial charge in [-0.2, -0.15) is 13.2 Å². The van der Waals surface area contributed by atoms with Crippen LogP contribution in [0, 0.1) is 0 Å². The van der Waals surface area contributed by atoms with Crippen molar-refractivity contribution in [2.75, 3.05) is 11.9 Å². The van der Waals surface area contributed by atoms with Crippen molar-refractivity contribution in [1.29, 1.82) is 0 Å². The van der Waals surface area contributed by atoms with Gasteiger partial charge in [0, 0.05) is 0 Å². The normalized spacial score (nSPS) is 11.2. The number of carbonyl (C=O) groups excluding carboxylic acids is 2. The molecule has 0 fully saturated rings. The third-order valence-corrected chi connectivity index (χ3v) is 4.11. The molecular formula is C16H9Cl3F3NO3. The highest BCUT2D eigenvalue weighted by molar-refractivity contribution is 6.44. The molecule has 0 atom stereocenters. The quantitative estimate of drug-likeness (QED) is 0.522. The number of amides is 1. The third kappa shape index (κ3) is 5.03. The number of alkyl halides is 3. The van der Waals surface area contributed by atoms with E-state index < -0.39 is 35.8 Å². The number of anilines is 1. The van der Waals surface area contributed by atoms with Gasteiger partial charge in [0.05, 0.1) is 31.9 Å². The number of carbonyl (C=O) groups is 2. The van der Waals surface area contributed by atoms with Crippen LogP contribution in [-0.2, 0) is 15.7 Å². The highest BCUT2D eigenvalue weighted by Crippen LogP contribution is 2.33. The molecule has 2 aromatic carbocycles. The van der Waals surface area contributed by atoms with Crippen LogP contribution in [0.4, 0.5) is 18.9 Å². The molecule has 0 heterocycles. The van der Waals surface area contributed by atoms with E-state index in [4.69, 9.17) is 34.8 Å². The highest BCUT2D eigenvalue weighted by atomic mass is 35.5. The number of esters is 1. The lowest BCUT2D eigenvalue weighted by molar-refractivity contribution is -0.138. The van der Waals surface area contributed by atoms with Crippen LogP contribution in [0.1, 0.15) is 15.9 Å². The maximum atomic E-state index is 12.9. The summed E-state index contributed by atoms with van der Waals surface area (Å²) in [6, 6.07) is 6.67. The lowest BCUT2D eigenvalue weighted by Gasteiger charge is -2.12. The minimum absolute atomic E-state index is 0.0847. The fourth-order valence-electron chi connectivity index (χ4n) is 1.92. The fraction of sp³-hybridized carbons (Fsp3) is 0.125. The van der Waals surface area contributed by atoms with Gasteiger partial charge in [-0.15, -0.1) is 0 Å². The van der Waals surface area contributed by atoms with Crippen LogP contribution in [0.2, 0.25) is 15.1 Å². The van der Waals surface area contributed by atoms with Gasteiger partial charge in [0.2, 0.25) is 0 Å². The summed E-state index contributed by atoms with van der Waals surface area (Å²) >= 11 is 17.4. The number of hydrogen-bond acceptors (Lipinski definition) is 3. The van der Waals surface area contributed by atoms with Crippen molar-refractivity contribution in [3.05, 3.63) is 62.6 Å². The van der Waals surface area contributed by atoms with E-state index >= 15 is 0 Å². The predicted octanol–water partition coefficient (Wildman–Crippen LogP) is 5.46. The van der Waals surface area contributed by atoms with Gasteiger partial charge in [-0.25, -0.2) is 4.79 Å². The van der Waals surface area contributed by atoms with E-state index in [0.29, 0.717) is 0 Å². The van der Waals surface area contributed by atoms with Gasteiger partial charge in [0.1, 0.15) is 0 Å². The summed E-state index contributed by atoms with van der Waals surface area (Å²) in [4.78, 5) is 23.7. The van der Waals surface area contributed by atoms with Crippen LogP contribution < -0.4 is 5.32 Å². The van der Waals surface area contributed by atoms with E-state index in [-0.39, 0.29) is 20.8 Å². The summed E-state index contributed by atoms with van der Waals surface area (Å²) in [6.45, 7) is -0.818. The molecule has 0 aliphatic heterocycles. The Morgan fingerprint density at radius 3 is 2.27 bits per heavy atom. The van der Waals surface area contributed by atoms with E-state index in [1.807, 2.05) is 0 Å². The molecule has 0 spiro atoms. The van der Waals surface area contributed by atoms with E-state index in [9.17, 15) is 22.8 Å². The molecule has 0 aliphatic carbocycles.